The van der Waals surface area contributed by atoms with Crippen molar-refractivity contribution in [1.29, 1.82) is 0 Å². The number of unbranched alkanes of at least 4 members (excludes halogenated alkanes) is 1. The van der Waals surface area contributed by atoms with E-state index >= 15 is 0 Å². The number of anilines is 2. The summed E-state index contributed by atoms with van der Waals surface area (Å²) in [6, 6.07) is 6.61. The van der Waals surface area contributed by atoms with E-state index in [9.17, 15) is 13.2 Å². The summed E-state index contributed by atoms with van der Waals surface area (Å²) in [5, 5.41) is 6.15. The molecule has 0 radical (unpaired) electrons. The van der Waals surface area contributed by atoms with Gasteiger partial charge in [0.15, 0.2) is 0 Å². The molecule has 0 spiro atoms. The van der Waals surface area contributed by atoms with Gasteiger partial charge in [-0.25, -0.2) is 12.7 Å². The zero-order valence-electron chi connectivity index (χ0n) is 16.4. The smallest absolute Gasteiger partial charge is 0.265 e. The van der Waals surface area contributed by atoms with Gasteiger partial charge in [-0.3, -0.25) is 4.79 Å². The Morgan fingerprint density at radius 1 is 1.15 bits per heavy atom. The van der Waals surface area contributed by atoms with Crippen LogP contribution in [-0.4, -0.2) is 39.3 Å². The van der Waals surface area contributed by atoms with Crippen molar-refractivity contribution in [3.8, 4) is 0 Å². The molecule has 1 heterocycles. The Bertz CT molecular complexity index is 899. The molecule has 0 aliphatic rings. The average molecular weight is 410 g/mol. The lowest BCUT2D eigenvalue weighted by Gasteiger charge is -2.16. The topological polar surface area (TPSA) is 78.5 Å². The first-order chi connectivity index (χ1) is 12.7. The Morgan fingerprint density at radius 2 is 1.85 bits per heavy atom. The molecule has 0 saturated carbocycles. The van der Waals surface area contributed by atoms with Gasteiger partial charge in [-0.2, -0.15) is 0 Å². The molecule has 2 rings (SSSR count). The van der Waals surface area contributed by atoms with Crippen molar-refractivity contribution in [3.05, 3.63) is 39.6 Å². The van der Waals surface area contributed by atoms with Gasteiger partial charge in [-0.1, -0.05) is 13.3 Å². The predicted molar refractivity (Wildman–Crippen MR) is 112 cm³/mol. The van der Waals surface area contributed by atoms with Crippen molar-refractivity contribution >= 4 is 38.6 Å². The molecule has 1 amide bonds. The van der Waals surface area contributed by atoms with Crippen molar-refractivity contribution in [2.75, 3.05) is 31.3 Å². The monoisotopic (exact) mass is 409 g/mol. The lowest BCUT2D eigenvalue weighted by atomic mass is 10.2. The van der Waals surface area contributed by atoms with Crippen LogP contribution in [0.3, 0.4) is 0 Å². The maximum atomic E-state index is 12.7. The van der Waals surface area contributed by atoms with Gasteiger partial charge in [0.1, 0.15) is 0 Å². The van der Waals surface area contributed by atoms with Crippen molar-refractivity contribution in [3.63, 3.8) is 0 Å². The van der Waals surface area contributed by atoms with Gasteiger partial charge in [0, 0.05) is 25.5 Å². The standard InChI is InChI=1S/C19H27N3O3S2/c1-6-7-10-20-16-9-8-15(27(24,25)22(4)5)12-17(16)21-19(23)18-11-13(2)14(3)26-18/h8-9,11-12,20H,6-7,10H2,1-5H3,(H,21,23). The Kier molecular flexibility index (Phi) is 7.02. The second-order valence-corrected chi connectivity index (χ2v) is 9.99. The molecule has 0 fully saturated rings. The molecule has 2 N–H and O–H groups in total. The summed E-state index contributed by atoms with van der Waals surface area (Å²) in [4.78, 5) is 14.5. The van der Waals surface area contributed by atoms with Crippen LogP contribution in [0, 0.1) is 13.8 Å². The number of rotatable bonds is 8. The normalized spacial score (nSPS) is 11.6. The Morgan fingerprint density at radius 3 is 2.41 bits per heavy atom. The quantitative estimate of drug-likeness (QED) is 0.644. The minimum atomic E-state index is -3.59. The molecular formula is C19H27N3O3S2. The summed E-state index contributed by atoms with van der Waals surface area (Å²) in [5.74, 6) is -0.242. The highest BCUT2D eigenvalue weighted by molar-refractivity contribution is 7.89. The molecule has 1 aromatic heterocycles. The first kappa shape index (κ1) is 21.4. The van der Waals surface area contributed by atoms with Crippen LogP contribution >= 0.6 is 11.3 Å². The molecule has 0 saturated heterocycles. The molecule has 1 aromatic carbocycles. The number of nitrogens with one attached hydrogen (secondary N) is 2. The second kappa shape index (κ2) is 8.86. The first-order valence-electron chi connectivity index (χ1n) is 8.85. The van der Waals surface area contributed by atoms with Crippen LogP contribution in [-0.2, 0) is 10.0 Å². The summed E-state index contributed by atoms with van der Waals surface area (Å²) < 4.78 is 26.1. The molecule has 0 bridgehead atoms. The third-order valence-corrected chi connectivity index (χ3v) is 7.22. The predicted octanol–water partition coefficient (Wildman–Crippen LogP) is 4.08. The SMILES string of the molecule is CCCCNc1ccc(S(=O)(=O)N(C)C)cc1NC(=O)c1cc(C)c(C)s1. The highest BCUT2D eigenvalue weighted by atomic mass is 32.2. The fourth-order valence-electron chi connectivity index (χ4n) is 2.42. The number of hydrogen-bond donors (Lipinski definition) is 2. The minimum Gasteiger partial charge on any atom is -0.383 e. The first-order valence-corrected chi connectivity index (χ1v) is 11.1. The fourth-order valence-corrected chi connectivity index (χ4v) is 4.28. The van der Waals surface area contributed by atoms with E-state index in [4.69, 9.17) is 0 Å². The molecule has 8 heteroatoms. The Hall–Kier alpha value is -1.90. The zero-order valence-corrected chi connectivity index (χ0v) is 18.1. The summed E-state index contributed by atoms with van der Waals surface area (Å²) in [6.45, 7) is 6.78. The van der Waals surface area contributed by atoms with Gasteiger partial charge in [0.2, 0.25) is 10.0 Å². The van der Waals surface area contributed by atoms with Gasteiger partial charge in [0.05, 0.1) is 21.1 Å². The van der Waals surface area contributed by atoms with E-state index in [1.807, 2.05) is 19.9 Å². The molecule has 27 heavy (non-hydrogen) atoms. The number of sulfonamides is 1. The van der Waals surface area contributed by atoms with Crippen LogP contribution in [0.25, 0.3) is 0 Å². The van der Waals surface area contributed by atoms with Gasteiger partial charge in [-0.15, -0.1) is 11.3 Å². The Labute approximate surface area is 165 Å². The Balaban J connectivity index is 2.38. The van der Waals surface area contributed by atoms with Gasteiger partial charge < -0.3 is 10.6 Å². The molecule has 0 aliphatic heterocycles. The molecule has 0 aliphatic carbocycles. The van der Waals surface area contributed by atoms with E-state index in [0.29, 0.717) is 16.3 Å². The van der Waals surface area contributed by atoms with E-state index in [1.165, 1.54) is 31.5 Å². The number of amides is 1. The number of thiophene rings is 1. The van der Waals surface area contributed by atoms with Gasteiger partial charge in [-0.05, 0) is 50.1 Å². The van der Waals surface area contributed by atoms with Crippen LogP contribution in [0.4, 0.5) is 11.4 Å². The van der Waals surface area contributed by atoms with Crippen LogP contribution in [0.5, 0.6) is 0 Å². The van der Waals surface area contributed by atoms with E-state index in [0.717, 1.165) is 34.1 Å². The number of benzene rings is 1. The zero-order chi connectivity index (χ0) is 20.2. The van der Waals surface area contributed by atoms with Crippen LogP contribution in [0.1, 0.15) is 39.9 Å². The van der Waals surface area contributed by atoms with Gasteiger partial charge in [0.25, 0.3) is 5.91 Å². The molecule has 148 valence electrons. The number of aryl methyl sites for hydroxylation is 2. The van der Waals surface area contributed by atoms with Crippen molar-refractivity contribution < 1.29 is 13.2 Å². The third kappa shape index (κ3) is 5.09. The molecule has 0 unspecified atom stereocenters. The molecule has 6 nitrogen and oxygen atoms in total. The highest BCUT2D eigenvalue weighted by Crippen LogP contribution is 2.29. The fraction of sp³-hybridized carbons (Fsp3) is 0.421. The molecule has 2 aromatic rings. The lowest BCUT2D eigenvalue weighted by Crippen LogP contribution is -2.22. The maximum absolute atomic E-state index is 12.7. The van der Waals surface area contributed by atoms with Crippen molar-refractivity contribution in [2.24, 2.45) is 0 Å². The second-order valence-electron chi connectivity index (χ2n) is 6.58. The number of carbonyl (C=O) groups excluding carboxylic acids is 1. The van der Waals surface area contributed by atoms with Crippen molar-refractivity contribution in [1.82, 2.24) is 4.31 Å². The highest BCUT2D eigenvalue weighted by Gasteiger charge is 2.20. The largest absolute Gasteiger partial charge is 0.383 e. The number of nitrogens with zero attached hydrogens (tertiary/aromatic N) is 1. The summed E-state index contributed by atoms with van der Waals surface area (Å²) in [7, 11) is -0.619. The van der Waals surface area contributed by atoms with E-state index in [2.05, 4.69) is 17.6 Å². The summed E-state index contributed by atoms with van der Waals surface area (Å²) in [6.07, 6.45) is 2.02. The van der Waals surface area contributed by atoms with E-state index in [-0.39, 0.29) is 10.8 Å². The number of hydrogen-bond acceptors (Lipinski definition) is 5. The van der Waals surface area contributed by atoms with Crippen LogP contribution in [0.2, 0.25) is 0 Å². The summed E-state index contributed by atoms with van der Waals surface area (Å²) in [5.41, 5.74) is 2.23. The molecule has 0 atom stereocenters. The van der Waals surface area contributed by atoms with E-state index < -0.39 is 10.0 Å². The average Bonchev–Trinajstić information content (AvgIpc) is 2.95. The van der Waals surface area contributed by atoms with Gasteiger partial charge >= 0.3 is 0 Å². The minimum absolute atomic E-state index is 0.141. The lowest BCUT2D eigenvalue weighted by molar-refractivity contribution is 0.103. The number of carbonyl (C=O) groups is 1. The van der Waals surface area contributed by atoms with Crippen LogP contribution in [0.15, 0.2) is 29.2 Å². The van der Waals surface area contributed by atoms with E-state index in [1.54, 1.807) is 12.1 Å². The van der Waals surface area contributed by atoms with Crippen molar-refractivity contribution in [2.45, 2.75) is 38.5 Å². The third-order valence-electron chi connectivity index (χ3n) is 4.25. The summed E-state index contributed by atoms with van der Waals surface area (Å²) >= 11 is 1.42. The van der Waals surface area contributed by atoms with Crippen LogP contribution < -0.4 is 10.6 Å². The molecular weight excluding hydrogens is 382 g/mol. The maximum Gasteiger partial charge on any atom is 0.265 e.